The predicted octanol–water partition coefficient (Wildman–Crippen LogP) is 2.84. The number of nitrogen functional groups attached to an aromatic ring is 1. The molecule has 0 radical (unpaired) electrons. The summed E-state index contributed by atoms with van der Waals surface area (Å²) in [5.41, 5.74) is 7.93. The van der Waals surface area contributed by atoms with Gasteiger partial charge in [0, 0.05) is 18.8 Å². The average molecular weight is 310 g/mol. The van der Waals surface area contributed by atoms with Gasteiger partial charge in [0.25, 0.3) is 0 Å². The molecule has 2 atom stereocenters. The van der Waals surface area contributed by atoms with Crippen LogP contribution in [0, 0.1) is 0 Å². The van der Waals surface area contributed by atoms with Crippen LogP contribution < -0.4 is 10.6 Å². The lowest BCUT2D eigenvalue weighted by Crippen LogP contribution is -2.43. The highest BCUT2D eigenvalue weighted by Crippen LogP contribution is 2.33. The molecule has 1 aromatic rings. The first-order chi connectivity index (χ1) is 9.93. The van der Waals surface area contributed by atoms with Crippen molar-refractivity contribution in [2.75, 3.05) is 23.4 Å². The molecule has 1 aliphatic carbocycles. The maximum absolute atomic E-state index is 11.9. The molecule has 2 unspecified atom stereocenters. The summed E-state index contributed by atoms with van der Waals surface area (Å²) in [6.45, 7) is 3.05. The molecule has 0 spiro atoms. The van der Waals surface area contributed by atoms with Gasteiger partial charge in [-0.25, -0.2) is 8.42 Å². The monoisotopic (exact) mass is 310 g/mol. The fourth-order valence-corrected chi connectivity index (χ4v) is 4.45. The van der Waals surface area contributed by atoms with Crippen LogP contribution in [0.3, 0.4) is 0 Å². The van der Waals surface area contributed by atoms with Gasteiger partial charge < -0.3 is 10.6 Å². The van der Waals surface area contributed by atoms with E-state index in [1.807, 2.05) is 24.3 Å². The summed E-state index contributed by atoms with van der Waals surface area (Å²) in [5, 5.41) is -0.208. The van der Waals surface area contributed by atoms with Crippen LogP contribution in [-0.2, 0) is 9.84 Å². The van der Waals surface area contributed by atoms with Gasteiger partial charge in [-0.3, -0.25) is 0 Å². The molecule has 1 saturated carbocycles. The zero-order chi connectivity index (χ0) is 15.5. The summed E-state index contributed by atoms with van der Waals surface area (Å²) in [4.78, 5) is 2.31. The van der Waals surface area contributed by atoms with E-state index in [0.29, 0.717) is 6.42 Å². The summed E-state index contributed by atoms with van der Waals surface area (Å²) >= 11 is 0. The van der Waals surface area contributed by atoms with Gasteiger partial charge in [0.05, 0.1) is 16.6 Å². The Hall–Kier alpha value is -1.23. The Morgan fingerprint density at radius 2 is 2.00 bits per heavy atom. The smallest absolute Gasteiger partial charge is 0.150 e. The number of benzene rings is 1. The van der Waals surface area contributed by atoms with Crippen molar-refractivity contribution in [3.8, 4) is 0 Å². The average Bonchev–Trinajstić information content (AvgIpc) is 2.45. The minimum atomic E-state index is -2.96. The molecular weight excluding hydrogens is 284 g/mol. The quantitative estimate of drug-likeness (QED) is 0.849. The van der Waals surface area contributed by atoms with Gasteiger partial charge in [0.1, 0.15) is 9.84 Å². The van der Waals surface area contributed by atoms with Crippen LogP contribution in [0.5, 0.6) is 0 Å². The van der Waals surface area contributed by atoms with Crippen molar-refractivity contribution in [1.82, 2.24) is 0 Å². The minimum Gasteiger partial charge on any atom is -0.397 e. The van der Waals surface area contributed by atoms with Gasteiger partial charge in [-0.2, -0.15) is 0 Å². The van der Waals surface area contributed by atoms with Gasteiger partial charge in [0.15, 0.2) is 0 Å². The second-order valence-electron chi connectivity index (χ2n) is 6.02. The molecule has 4 nitrogen and oxygen atoms in total. The third-order valence-corrected chi connectivity index (χ3v) is 5.99. The molecule has 0 amide bonds. The zero-order valence-corrected chi connectivity index (χ0v) is 13.8. The van der Waals surface area contributed by atoms with Crippen LogP contribution in [0.1, 0.15) is 39.0 Å². The first-order valence-electron chi connectivity index (χ1n) is 7.73. The lowest BCUT2D eigenvalue weighted by atomic mass is 9.93. The second kappa shape index (κ2) is 6.69. The number of anilines is 2. The highest BCUT2D eigenvalue weighted by Gasteiger charge is 2.32. The molecule has 0 aliphatic heterocycles. The maximum Gasteiger partial charge on any atom is 0.150 e. The highest BCUT2D eigenvalue weighted by molar-refractivity contribution is 7.91. The Balaban J connectivity index is 2.24. The predicted molar refractivity (Wildman–Crippen MR) is 89.4 cm³/mol. The van der Waals surface area contributed by atoms with Crippen LogP contribution in [0.15, 0.2) is 24.3 Å². The van der Waals surface area contributed by atoms with Crippen LogP contribution in [-0.4, -0.2) is 32.5 Å². The number of nitrogens with zero attached hydrogens (tertiary/aromatic N) is 1. The van der Waals surface area contributed by atoms with Crippen LogP contribution >= 0.6 is 0 Å². The summed E-state index contributed by atoms with van der Waals surface area (Å²) in [7, 11) is -2.96. The largest absolute Gasteiger partial charge is 0.397 e. The van der Waals surface area contributed by atoms with Gasteiger partial charge >= 0.3 is 0 Å². The number of hydrogen-bond donors (Lipinski definition) is 1. The van der Waals surface area contributed by atoms with Crippen molar-refractivity contribution in [1.29, 1.82) is 0 Å². The third-order valence-electron chi connectivity index (χ3n) is 4.36. The SMILES string of the molecule is CCCN(c1ccccc1N)C1CCCC(S(C)(=O)=O)C1. The second-order valence-corrected chi connectivity index (χ2v) is 8.35. The van der Waals surface area contributed by atoms with Gasteiger partial charge in [-0.15, -0.1) is 0 Å². The molecule has 21 heavy (non-hydrogen) atoms. The molecular formula is C16H26N2O2S. The lowest BCUT2D eigenvalue weighted by Gasteiger charge is -2.39. The fraction of sp³-hybridized carbons (Fsp3) is 0.625. The Morgan fingerprint density at radius 1 is 1.29 bits per heavy atom. The maximum atomic E-state index is 11.9. The molecule has 0 aromatic heterocycles. The van der Waals surface area contributed by atoms with E-state index in [-0.39, 0.29) is 11.3 Å². The number of sulfone groups is 1. The summed E-state index contributed by atoms with van der Waals surface area (Å²) in [6.07, 6.45) is 5.90. The van der Waals surface area contributed by atoms with E-state index in [1.54, 1.807) is 0 Å². The molecule has 118 valence electrons. The van der Waals surface area contributed by atoms with Crippen molar-refractivity contribution < 1.29 is 8.42 Å². The van der Waals surface area contributed by atoms with E-state index in [1.165, 1.54) is 6.26 Å². The van der Waals surface area contributed by atoms with E-state index in [2.05, 4.69) is 11.8 Å². The number of para-hydroxylation sites is 2. The van der Waals surface area contributed by atoms with E-state index in [0.717, 1.165) is 43.6 Å². The minimum absolute atomic E-state index is 0.208. The van der Waals surface area contributed by atoms with Crippen molar-refractivity contribution in [2.24, 2.45) is 0 Å². The van der Waals surface area contributed by atoms with Crippen molar-refractivity contribution in [3.05, 3.63) is 24.3 Å². The van der Waals surface area contributed by atoms with Crippen LogP contribution in [0.4, 0.5) is 11.4 Å². The standard InChI is InChI=1S/C16H26N2O2S/c1-3-11-18(16-10-5-4-9-15(16)17)13-7-6-8-14(12-13)21(2,19)20/h4-5,9-10,13-14H,3,6-8,11-12,17H2,1-2H3. The van der Waals surface area contributed by atoms with Crippen molar-refractivity contribution in [2.45, 2.75) is 50.3 Å². The Morgan fingerprint density at radius 3 is 2.62 bits per heavy atom. The summed E-state index contributed by atoms with van der Waals surface area (Å²) in [5.74, 6) is 0. The normalized spacial score (nSPS) is 23.0. The van der Waals surface area contributed by atoms with Crippen molar-refractivity contribution in [3.63, 3.8) is 0 Å². The molecule has 0 saturated heterocycles. The molecule has 0 heterocycles. The van der Waals surface area contributed by atoms with Gasteiger partial charge in [-0.1, -0.05) is 25.5 Å². The molecule has 0 bridgehead atoms. The Bertz CT molecular complexity index is 571. The number of nitrogens with two attached hydrogens (primary N) is 1. The molecule has 1 aliphatic rings. The molecule has 1 aromatic carbocycles. The summed E-state index contributed by atoms with van der Waals surface area (Å²) in [6, 6.07) is 8.14. The highest BCUT2D eigenvalue weighted by atomic mass is 32.2. The summed E-state index contributed by atoms with van der Waals surface area (Å²) < 4.78 is 23.7. The van der Waals surface area contributed by atoms with Gasteiger partial charge in [-0.05, 0) is 37.8 Å². The van der Waals surface area contributed by atoms with E-state index in [4.69, 9.17) is 5.73 Å². The molecule has 2 rings (SSSR count). The van der Waals surface area contributed by atoms with Crippen LogP contribution in [0.2, 0.25) is 0 Å². The first-order valence-corrected chi connectivity index (χ1v) is 9.69. The molecule has 1 fully saturated rings. The Kier molecular flexibility index (Phi) is 5.14. The topological polar surface area (TPSA) is 63.4 Å². The number of rotatable bonds is 5. The lowest BCUT2D eigenvalue weighted by molar-refractivity contribution is 0.410. The van der Waals surface area contributed by atoms with E-state index < -0.39 is 9.84 Å². The number of hydrogen-bond acceptors (Lipinski definition) is 4. The fourth-order valence-electron chi connectivity index (χ4n) is 3.28. The van der Waals surface area contributed by atoms with Crippen LogP contribution in [0.25, 0.3) is 0 Å². The molecule has 5 heteroatoms. The Labute approximate surface area is 128 Å². The van der Waals surface area contributed by atoms with Gasteiger partial charge in [0.2, 0.25) is 0 Å². The zero-order valence-electron chi connectivity index (χ0n) is 13.0. The van der Waals surface area contributed by atoms with E-state index >= 15 is 0 Å². The van der Waals surface area contributed by atoms with Crippen molar-refractivity contribution >= 4 is 21.2 Å². The third kappa shape index (κ3) is 3.90. The van der Waals surface area contributed by atoms with E-state index in [9.17, 15) is 8.42 Å². The first kappa shape index (κ1) is 16.1. The molecule has 2 N–H and O–H groups in total.